The summed E-state index contributed by atoms with van der Waals surface area (Å²) in [4.78, 5) is 12.3. The zero-order chi connectivity index (χ0) is 21.0. The highest BCUT2D eigenvalue weighted by Gasteiger charge is 2.21. The highest BCUT2D eigenvalue weighted by Crippen LogP contribution is 2.24. The number of carbonyl (C=O) groups excluding carboxylic acids is 1. The van der Waals surface area contributed by atoms with Crippen molar-refractivity contribution in [3.63, 3.8) is 0 Å². The first-order valence-electron chi connectivity index (χ1n) is 8.50. The second-order valence-corrected chi connectivity index (χ2v) is 8.98. The van der Waals surface area contributed by atoms with Gasteiger partial charge in [-0.15, -0.1) is 10.2 Å². The standard InChI is InChI=1S/C18H20N6O3S2/c1-23-17(19)21-22-18(23)28-12-16(25)20-13-7-6-10-15(11-13)29(26,27)24(2)14-8-4-3-5-9-14/h3-11H,12H2,1-2H3,(H2,19,21)(H,20,25). The minimum atomic E-state index is -3.77. The number of para-hydroxylation sites is 1. The summed E-state index contributed by atoms with van der Waals surface area (Å²) in [6, 6.07) is 14.9. The van der Waals surface area contributed by atoms with Gasteiger partial charge in [0.05, 0.1) is 16.3 Å². The number of rotatable bonds is 7. The van der Waals surface area contributed by atoms with E-state index in [1.165, 1.54) is 35.2 Å². The molecule has 1 aromatic heterocycles. The number of nitrogens with one attached hydrogen (secondary N) is 1. The molecule has 9 nitrogen and oxygen atoms in total. The maximum absolute atomic E-state index is 12.9. The van der Waals surface area contributed by atoms with E-state index in [1.54, 1.807) is 48.0 Å². The second-order valence-electron chi connectivity index (χ2n) is 6.07. The zero-order valence-corrected chi connectivity index (χ0v) is 17.4. The molecular weight excluding hydrogens is 412 g/mol. The topological polar surface area (TPSA) is 123 Å². The van der Waals surface area contributed by atoms with Gasteiger partial charge in [-0.25, -0.2) is 8.42 Å². The molecule has 0 unspecified atom stereocenters. The van der Waals surface area contributed by atoms with Gasteiger partial charge in [0, 0.05) is 19.8 Å². The number of thioether (sulfide) groups is 1. The summed E-state index contributed by atoms with van der Waals surface area (Å²) in [6.45, 7) is 0. The molecule has 0 bridgehead atoms. The van der Waals surface area contributed by atoms with E-state index in [4.69, 9.17) is 5.73 Å². The van der Waals surface area contributed by atoms with E-state index in [2.05, 4.69) is 15.5 Å². The van der Waals surface area contributed by atoms with Crippen molar-refractivity contribution in [1.82, 2.24) is 14.8 Å². The van der Waals surface area contributed by atoms with Crippen molar-refractivity contribution in [2.75, 3.05) is 28.2 Å². The van der Waals surface area contributed by atoms with Crippen LogP contribution in [-0.2, 0) is 21.9 Å². The van der Waals surface area contributed by atoms with E-state index in [0.29, 0.717) is 16.5 Å². The molecule has 0 aliphatic carbocycles. The number of nitrogens with two attached hydrogens (primary N) is 1. The minimum Gasteiger partial charge on any atom is -0.368 e. The van der Waals surface area contributed by atoms with Crippen LogP contribution in [-0.4, -0.2) is 41.9 Å². The number of aromatic nitrogens is 3. The summed E-state index contributed by atoms with van der Waals surface area (Å²) in [5, 5.41) is 10.8. The quantitative estimate of drug-likeness (QED) is 0.547. The van der Waals surface area contributed by atoms with Crippen LogP contribution in [0.4, 0.5) is 17.3 Å². The molecule has 1 amide bonds. The van der Waals surface area contributed by atoms with Crippen molar-refractivity contribution in [3.05, 3.63) is 54.6 Å². The van der Waals surface area contributed by atoms with Gasteiger partial charge in [-0.05, 0) is 30.3 Å². The maximum atomic E-state index is 12.9. The average Bonchev–Trinajstić information content (AvgIpc) is 3.04. The lowest BCUT2D eigenvalue weighted by molar-refractivity contribution is -0.113. The van der Waals surface area contributed by atoms with E-state index in [1.807, 2.05) is 6.07 Å². The molecule has 0 atom stereocenters. The zero-order valence-electron chi connectivity index (χ0n) is 15.8. The molecule has 0 fully saturated rings. The fourth-order valence-corrected chi connectivity index (χ4v) is 4.41. The molecule has 0 aliphatic heterocycles. The summed E-state index contributed by atoms with van der Waals surface area (Å²) < 4.78 is 28.6. The molecule has 11 heteroatoms. The normalized spacial score (nSPS) is 11.2. The number of benzene rings is 2. The smallest absolute Gasteiger partial charge is 0.264 e. The number of hydrogen-bond donors (Lipinski definition) is 2. The van der Waals surface area contributed by atoms with Crippen molar-refractivity contribution < 1.29 is 13.2 Å². The Morgan fingerprint density at radius 3 is 2.55 bits per heavy atom. The van der Waals surface area contributed by atoms with Crippen LogP contribution in [0, 0.1) is 0 Å². The number of nitrogen functional groups attached to an aromatic ring is 1. The van der Waals surface area contributed by atoms with Gasteiger partial charge in [-0.2, -0.15) is 0 Å². The molecule has 3 N–H and O–H groups in total. The monoisotopic (exact) mass is 432 g/mol. The molecule has 0 radical (unpaired) electrons. The van der Waals surface area contributed by atoms with E-state index in [9.17, 15) is 13.2 Å². The fourth-order valence-electron chi connectivity index (χ4n) is 2.45. The van der Waals surface area contributed by atoms with Crippen LogP contribution in [0.15, 0.2) is 64.6 Å². The molecule has 3 aromatic rings. The minimum absolute atomic E-state index is 0.0763. The van der Waals surface area contributed by atoms with Crippen LogP contribution >= 0.6 is 11.8 Å². The van der Waals surface area contributed by atoms with Gasteiger partial charge >= 0.3 is 0 Å². The first-order chi connectivity index (χ1) is 13.8. The van der Waals surface area contributed by atoms with Gasteiger partial charge in [-0.1, -0.05) is 36.0 Å². The van der Waals surface area contributed by atoms with Gasteiger partial charge < -0.3 is 11.1 Å². The first kappa shape index (κ1) is 20.7. The first-order valence-corrected chi connectivity index (χ1v) is 10.9. The number of amides is 1. The predicted molar refractivity (Wildman–Crippen MR) is 113 cm³/mol. The Morgan fingerprint density at radius 1 is 1.17 bits per heavy atom. The molecule has 3 rings (SSSR count). The molecule has 2 aromatic carbocycles. The number of hydrogen-bond acceptors (Lipinski definition) is 7. The molecule has 152 valence electrons. The van der Waals surface area contributed by atoms with Crippen LogP contribution < -0.4 is 15.4 Å². The van der Waals surface area contributed by atoms with Gasteiger partial charge in [-0.3, -0.25) is 13.7 Å². The Hall–Kier alpha value is -3.05. The molecule has 29 heavy (non-hydrogen) atoms. The molecule has 0 aliphatic rings. The van der Waals surface area contributed by atoms with Crippen molar-refractivity contribution in [1.29, 1.82) is 0 Å². The van der Waals surface area contributed by atoms with Crippen LogP contribution in [0.25, 0.3) is 0 Å². The third-order valence-corrected chi connectivity index (χ3v) is 6.90. The van der Waals surface area contributed by atoms with Crippen LogP contribution in [0.1, 0.15) is 0 Å². The van der Waals surface area contributed by atoms with Gasteiger partial charge in [0.15, 0.2) is 5.16 Å². The van der Waals surface area contributed by atoms with Crippen LogP contribution in [0.2, 0.25) is 0 Å². The van der Waals surface area contributed by atoms with Crippen molar-refractivity contribution in [2.45, 2.75) is 10.1 Å². The van der Waals surface area contributed by atoms with Crippen LogP contribution in [0.5, 0.6) is 0 Å². The Kier molecular flexibility index (Phi) is 6.09. The number of nitrogens with zero attached hydrogens (tertiary/aromatic N) is 4. The third-order valence-electron chi connectivity index (χ3n) is 4.10. The summed E-state index contributed by atoms with van der Waals surface area (Å²) in [6.07, 6.45) is 0. The number of sulfonamides is 1. The van der Waals surface area contributed by atoms with Gasteiger partial charge in [0.25, 0.3) is 10.0 Å². The van der Waals surface area contributed by atoms with E-state index in [-0.39, 0.29) is 22.5 Å². The third kappa shape index (κ3) is 4.69. The number of carbonyl (C=O) groups is 1. The summed E-state index contributed by atoms with van der Waals surface area (Å²) in [5.41, 5.74) is 6.54. The number of anilines is 3. The highest BCUT2D eigenvalue weighted by molar-refractivity contribution is 7.99. The Labute approximate surface area is 173 Å². The lowest BCUT2D eigenvalue weighted by atomic mass is 10.3. The van der Waals surface area contributed by atoms with Crippen LogP contribution in [0.3, 0.4) is 0 Å². The van der Waals surface area contributed by atoms with Crippen molar-refractivity contribution in [2.24, 2.45) is 7.05 Å². The molecule has 1 heterocycles. The maximum Gasteiger partial charge on any atom is 0.264 e. The molecule has 0 spiro atoms. The van der Waals surface area contributed by atoms with E-state index < -0.39 is 10.0 Å². The predicted octanol–water partition coefficient (Wildman–Crippen LogP) is 1.95. The fraction of sp³-hybridized carbons (Fsp3) is 0.167. The van der Waals surface area contributed by atoms with Gasteiger partial charge in [0.1, 0.15) is 0 Å². The van der Waals surface area contributed by atoms with E-state index >= 15 is 0 Å². The summed E-state index contributed by atoms with van der Waals surface area (Å²) in [5.74, 6) is 0.0308. The molecule has 0 saturated heterocycles. The summed E-state index contributed by atoms with van der Waals surface area (Å²) in [7, 11) is -0.580. The average molecular weight is 433 g/mol. The lowest BCUT2D eigenvalue weighted by Gasteiger charge is -2.19. The highest BCUT2D eigenvalue weighted by atomic mass is 32.2. The largest absolute Gasteiger partial charge is 0.368 e. The van der Waals surface area contributed by atoms with Crippen molar-refractivity contribution in [3.8, 4) is 0 Å². The molecule has 0 saturated carbocycles. The van der Waals surface area contributed by atoms with E-state index in [0.717, 1.165) is 0 Å². The molecular formula is C18H20N6O3S2. The van der Waals surface area contributed by atoms with Crippen molar-refractivity contribution >= 4 is 45.0 Å². The summed E-state index contributed by atoms with van der Waals surface area (Å²) >= 11 is 1.18. The lowest BCUT2D eigenvalue weighted by Crippen LogP contribution is -2.26. The Morgan fingerprint density at radius 2 is 1.90 bits per heavy atom. The SMILES string of the molecule is CN(c1ccccc1)S(=O)(=O)c1cccc(NC(=O)CSc2nnc(N)n2C)c1. The Bertz CT molecular complexity index is 1120. The van der Waals surface area contributed by atoms with Gasteiger partial charge in [0.2, 0.25) is 11.9 Å². The Balaban J connectivity index is 1.70. The second kappa shape index (κ2) is 8.53.